The van der Waals surface area contributed by atoms with Crippen molar-refractivity contribution >= 4 is 5.91 Å². The van der Waals surface area contributed by atoms with Gasteiger partial charge in [0.25, 0.3) is 5.91 Å². The largest absolute Gasteiger partial charge is 0.383 e. The summed E-state index contributed by atoms with van der Waals surface area (Å²) < 4.78 is 12.8. The zero-order chi connectivity index (χ0) is 16.9. The number of hydrogen-bond acceptors (Lipinski definition) is 5. The number of aromatic nitrogens is 3. The maximum Gasteiger partial charge on any atom is 0.269 e. The minimum Gasteiger partial charge on any atom is -0.383 e. The van der Waals surface area contributed by atoms with Crippen molar-refractivity contribution in [2.75, 3.05) is 26.9 Å². The Balaban J connectivity index is 1.64. The van der Waals surface area contributed by atoms with Crippen molar-refractivity contribution in [3.8, 4) is 0 Å². The highest BCUT2D eigenvalue weighted by atomic mass is 16.5. The van der Waals surface area contributed by atoms with E-state index in [-0.39, 0.29) is 12.0 Å². The first kappa shape index (κ1) is 16.6. The van der Waals surface area contributed by atoms with E-state index in [0.717, 1.165) is 17.8 Å². The Kier molecular flexibility index (Phi) is 5.22. The molecule has 0 spiro atoms. The number of hydrogen-bond donors (Lipinski definition) is 1. The number of nitrogens with one attached hydrogen (secondary N) is 1. The van der Waals surface area contributed by atoms with E-state index in [1.165, 1.54) is 5.56 Å². The highest BCUT2D eigenvalue weighted by Gasteiger charge is 2.25. The Labute approximate surface area is 141 Å². The molecule has 0 saturated carbocycles. The fourth-order valence-electron chi connectivity index (χ4n) is 2.73. The molecule has 24 heavy (non-hydrogen) atoms. The van der Waals surface area contributed by atoms with E-state index < -0.39 is 0 Å². The second-order valence-electron chi connectivity index (χ2n) is 5.78. The molecule has 1 atom stereocenters. The van der Waals surface area contributed by atoms with Crippen LogP contribution in [0.25, 0.3) is 0 Å². The molecule has 128 valence electrons. The third-order valence-electron chi connectivity index (χ3n) is 3.96. The van der Waals surface area contributed by atoms with Crippen molar-refractivity contribution in [2.24, 2.45) is 0 Å². The highest BCUT2D eigenvalue weighted by Crippen LogP contribution is 2.25. The molecule has 7 nitrogen and oxygen atoms in total. The normalized spacial score (nSPS) is 16.7. The van der Waals surface area contributed by atoms with E-state index in [1.54, 1.807) is 13.2 Å². The Hall–Kier alpha value is -2.25. The molecule has 1 aliphatic heterocycles. The van der Waals surface area contributed by atoms with Crippen molar-refractivity contribution in [1.29, 1.82) is 0 Å². The second kappa shape index (κ2) is 7.55. The molecule has 0 radical (unpaired) electrons. The molecular weight excluding hydrogens is 308 g/mol. The van der Waals surface area contributed by atoms with Crippen LogP contribution in [-0.2, 0) is 22.4 Å². The smallest absolute Gasteiger partial charge is 0.269 e. The van der Waals surface area contributed by atoms with Gasteiger partial charge in [0.1, 0.15) is 11.8 Å². The van der Waals surface area contributed by atoms with Crippen molar-refractivity contribution in [3.05, 3.63) is 47.0 Å². The van der Waals surface area contributed by atoms with Gasteiger partial charge >= 0.3 is 0 Å². The summed E-state index contributed by atoms with van der Waals surface area (Å²) >= 11 is 0. The lowest BCUT2D eigenvalue weighted by molar-refractivity contribution is 0.0382. The van der Waals surface area contributed by atoms with Gasteiger partial charge in [-0.25, -0.2) is 4.98 Å². The van der Waals surface area contributed by atoms with Gasteiger partial charge in [-0.3, -0.25) is 9.48 Å². The molecule has 1 aliphatic rings. The first-order chi connectivity index (χ1) is 11.7. The third kappa shape index (κ3) is 3.80. The van der Waals surface area contributed by atoms with E-state index in [9.17, 15) is 4.79 Å². The average molecular weight is 330 g/mol. The summed E-state index contributed by atoms with van der Waals surface area (Å²) in [5, 5.41) is 7.47. The number of nitrogens with zero attached hydrogens (tertiary/aromatic N) is 3. The molecular formula is C17H22N4O3. The van der Waals surface area contributed by atoms with Crippen LogP contribution in [0, 0.1) is 6.92 Å². The molecule has 0 aromatic carbocycles. The van der Waals surface area contributed by atoms with Crippen LogP contribution in [-0.4, -0.2) is 47.5 Å². The predicted octanol–water partition coefficient (Wildman–Crippen LogP) is 1.28. The van der Waals surface area contributed by atoms with Crippen molar-refractivity contribution in [1.82, 2.24) is 20.1 Å². The van der Waals surface area contributed by atoms with E-state index in [2.05, 4.69) is 15.4 Å². The summed E-state index contributed by atoms with van der Waals surface area (Å²) in [6.07, 6.45) is 2.64. The SMILES string of the molecule is COCCn1cc2c(n1)[C@@H](CNC(=O)c1cccc(C)n1)OCC2. The zero-order valence-corrected chi connectivity index (χ0v) is 14.0. The Morgan fingerprint density at radius 3 is 3.17 bits per heavy atom. The molecule has 3 rings (SSSR count). The molecule has 7 heteroatoms. The molecule has 1 amide bonds. The third-order valence-corrected chi connectivity index (χ3v) is 3.96. The monoisotopic (exact) mass is 330 g/mol. The van der Waals surface area contributed by atoms with Gasteiger partial charge < -0.3 is 14.8 Å². The number of methoxy groups -OCH3 is 1. The average Bonchev–Trinajstić information content (AvgIpc) is 3.01. The van der Waals surface area contributed by atoms with Crippen LogP contribution in [0.3, 0.4) is 0 Å². The summed E-state index contributed by atoms with van der Waals surface area (Å²) in [5.41, 5.74) is 3.30. The maximum absolute atomic E-state index is 12.2. The van der Waals surface area contributed by atoms with E-state index in [1.807, 2.05) is 29.9 Å². The molecule has 2 aromatic heterocycles. The number of rotatable bonds is 6. The number of carbonyl (C=O) groups excluding carboxylic acids is 1. The number of ether oxygens (including phenoxy) is 2. The number of carbonyl (C=O) groups is 1. The van der Waals surface area contributed by atoms with Gasteiger partial charge in [-0.05, 0) is 31.0 Å². The zero-order valence-electron chi connectivity index (χ0n) is 14.0. The highest BCUT2D eigenvalue weighted by molar-refractivity contribution is 5.92. The lowest BCUT2D eigenvalue weighted by atomic mass is 10.1. The minimum absolute atomic E-state index is 0.201. The summed E-state index contributed by atoms with van der Waals surface area (Å²) in [7, 11) is 1.67. The van der Waals surface area contributed by atoms with Crippen molar-refractivity contribution in [3.63, 3.8) is 0 Å². The molecule has 0 fully saturated rings. The van der Waals surface area contributed by atoms with Crippen molar-refractivity contribution < 1.29 is 14.3 Å². The van der Waals surface area contributed by atoms with Crippen LogP contribution in [0.5, 0.6) is 0 Å². The van der Waals surface area contributed by atoms with E-state index in [4.69, 9.17) is 9.47 Å². The van der Waals surface area contributed by atoms with Crippen molar-refractivity contribution in [2.45, 2.75) is 26.0 Å². The molecule has 0 saturated heterocycles. The molecule has 2 aromatic rings. The van der Waals surface area contributed by atoms with Gasteiger partial charge in [0.05, 0.1) is 25.5 Å². The van der Waals surface area contributed by atoms with Gasteiger partial charge in [-0.2, -0.15) is 5.10 Å². The topological polar surface area (TPSA) is 78.3 Å². The van der Waals surface area contributed by atoms with Gasteiger partial charge in [0.15, 0.2) is 0 Å². The molecule has 0 bridgehead atoms. The fraction of sp³-hybridized carbons (Fsp3) is 0.471. The minimum atomic E-state index is -0.230. The lowest BCUT2D eigenvalue weighted by Gasteiger charge is -2.22. The molecule has 0 aliphatic carbocycles. The van der Waals surface area contributed by atoms with E-state index >= 15 is 0 Å². The first-order valence-corrected chi connectivity index (χ1v) is 8.06. The Bertz CT molecular complexity index is 714. The van der Waals surface area contributed by atoms with Crippen LogP contribution in [0.15, 0.2) is 24.4 Å². The standard InChI is InChI=1S/C17H22N4O3/c1-12-4-3-5-14(19-12)17(22)18-10-15-16-13(6-8-24-15)11-21(20-16)7-9-23-2/h3-5,11,15H,6-10H2,1-2H3,(H,18,22)/t15-/m1/s1. The summed E-state index contributed by atoms with van der Waals surface area (Å²) in [5.74, 6) is -0.201. The van der Waals surface area contributed by atoms with Crippen LogP contribution in [0.2, 0.25) is 0 Å². The van der Waals surface area contributed by atoms with Gasteiger partial charge in [0.2, 0.25) is 0 Å². The van der Waals surface area contributed by atoms with Gasteiger partial charge in [0, 0.05) is 25.5 Å². The molecule has 0 unspecified atom stereocenters. The summed E-state index contributed by atoms with van der Waals surface area (Å²) in [6, 6.07) is 5.39. The van der Waals surface area contributed by atoms with Crippen LogP contribution in [0.1, 0.15) is 33.5 Å². The van der Waals surface area contributed by atoms with Crippen LogP contribution < -0.4 is 5.32 Å². The van der Waals surface area contributed by atoms with Crippen LogP contribution >= 0.6 is 0 Å². The predicted molar refractivity (Wildman–Crippen MR) is 87.8 cm³/mol. The fourth-order valence-corrected chi connectivity index (χ4v) is 2.73. The Morgan fingerprint density at radius 1 is 1.50 bits per heavy atom. The Morgan fingerprint density at radius 2 is 2.38 bits per heavy atom. The molecule has 1 N–H and O–H groups in total. The first-order valence-electron chi connectivity index (χ1n) is 8.06. The van der Waals surface area contributed by atoms with Gasteiger partial charge in [-0.15, -0.1) is 0 Å². The maximum atomic E-state index is 12.2. The number of fused-ring (bicyclic) bond motifs is 1. The quantitative estimate of drug-likeness (QED) is 0.863. The summed E-state index contributed by atoms with van der Waals surface area (Å²) in [4.78, 5) is 16.5. The lowest BCUT2D eigenvalue weighted by Crippen LogP contribution is -2.32. The number of aryl methyl sites for hydroxylation is 1. The number of amides is 1. The molecule has 3 heterocycles. The second-order valence-corrected chi connectivity index (χ2v) is 5.78. The number of pyridine rings is 1. The van der Waals surface area contributed by atoms with E-state index in [0.29, 0.717) is 32.0 Å². The van der Waals surface area contributed by atoms with Crippen LogP contribution in [0.4, 0.5) is 0 Å². The van der Waals surface area contributed by atoms with Gasteiger partial charge in [-0.1, -0.05) is 6.07 Å². The summed E-state index contributed by atoms with van der Waals surface area (Å²) in [6.45, 7) is 4.19.